The Morgan fingerprint density at radius 1 is 1.10 bits per heavy atom. The van der Waals surface area contributed by atoms with E-state index in [1.807, 2.05) is 20.8 Å². The van der Waals surface area contributed by atoms with Gasteiger partial charge in [-0.3, -0.25) is 4.79 Å². The first-order chi connectivity index (χ1) is 14.2. The van der Waals surface area contributed by atoms with Crippen molar-refractivity contribution in [2.45, 2.75) is 56.7 Å². The minimum absolute atomic E-state index is 0.208. The Kier molecular flexibility index (Phi) is 6.31. The van der Waals surface area contributed by atoms with Crippen LogP contribution in [0.3, 0.4) is 0 Å². The summed E-state index contributed by atoms with van der Waals surface area (Å²) in [7, 11) is -3.37. The third kappa shape index (κ3) is 4.12. The molecule has 2 aromatic carbocycles. The molecular weight excluding hydrogens is 405 g/mol. The van der Waals surface area contributed by atoms with Crippen LogP contribution in [0.25, 0.3) is 10.9 Å². The molecule has 0 saturated carbocycles. The summed E-state index contributed by atoms with van der Waals surface area (Å²) in [5, 5.41) is 9.51. The summed E-state index contributed by atoms with van der Waals surface area (Å²) in [4.78, 5) is 11.6. The maximum Gasteiger partial charge on any atom is 0.323 e. The van der Waals surface area contributed by atoms with Crippen molar-refractivity contribution in [2.75, 3.05) is 0 Å². The first-order valence-corrected chi connectivity index (χ1v) is 11.6. The van der Waals surface area contributed by atoms with Gasteiger partial charge in [0.2, 0.25) is 0 Å². The van der Waals surface area contributed by atoms with Gasteiger partial charge < -0.3 is 9.67 Å². The van der Waals surface area contributed by atoms with Crippen molar-refractivity contribution in [1.29, 1.82) is 0 Å². The Balaban J connectivity index is 2.00. The molecule has 160 valence electrons. The number of hydrogen-bond donors (Lipinski definition) is 1. The molecule has 0 aliphatic heterocycles. The molecule has 1 aromatic heterocycles. The fourth-order valence-corrected chi connectivity index (χ4v) is 5.79. The Bertz CT molecular complexity index is 1180. The second kappa shape index (κ2) is 8.60. The van der Waals surface area contributed by atoms with Crippen molar-refractivity contribution in [3.05, 3.63) is 65.1 Å². The smallest absolute Gasteiger partial charge is 0.323 e. The molecule has 0 atom stereocenters. The normalized spacial score (nSPS) is 12.0. The molecule has 7 heteroatoms. The van der Waals surface area contributed by atoms with Gasteiger partial charge in [0.25, 0.3) is 0 Å². The predicted molar refractivity (Wildman–Crippen MR) is 115 cm³/mol. The van der Waals surface area contributed by atoms with Crippen LogP contribution in [0.1, 0.15) is 43.5 Å². The zero-order valence-electron chi connectivity index (χ0n) is 17.4. The predicted octanol–water partition coefficient (Wildman–Crippen LogP) is 4.73. The number of carboxylic acids is 1. The van der Waals surface area contributed by atoms with E-state index in [4.69, 9.17) is 0 Å². The summed E-state index contributed by atoms with van der Waals surface area (Å²) in [6.45, 7) is 5.35. The van der Waals surface area contributed by atoms with Gasteiger partial charge in [0.15, 0.2) is 9.84 Å². The molecule has 0 fully saturated rings. The van der Waals surface area contributed by atoms with Crippen LogP contribution in [0, 0.1) is 12.7 Å². The lowest BCUT2D eigenvalue weighted by atomic mass is 10.0. The number of halogens is 1. The molecule has 3 rings (SSSR count). The van der Waals surface area contributed by atoms with Crippen LogP contribution in [0.4, 0.5) is 4.39 Å². The largest absolute Gasteiger partial charge is 0.480 e. The van der Waals surface area contributed by atoms with E-state index in [-0.39, 0.29) is 12.4 Å². The van der Waals surface area contributed by atoms with Gasteiger partial charge in [-0.15, -0.1) is 0 Å². The quantitative estimate of drug-likeness (QED) is 0.560. The maximum atomic E-state index is 13.9. The highest BCUT2D eigenvalue weighted by Crippen LogP contribution is 2.29. The van der Waals surface area contributed by atoms with Gasteiger partial charge >= 0.3 is 5.97 Å². The lowest BCUT2D eigenvalue weighted by Crippen LogP contribution is -2.19. The first-order valence-electron chi connectivity index (χ1n) is 10.0. The molecule has 0 amide bonds. The Labute approximate surface area is 176 Å². The van der Waals surface area contributed by atoms with E-state index >= 15 is 0 Å². The van der Waals surface area contributed by atoms with Crippen molar-refractivity contribution in [3.63, 3.8) is 0 Å². The van der Waals surface area contributed by atoms with E-state index in [2.05, 4.69) is 0 Å². The van der Waals surface area contributed by atoms with Crippen LogP contribution < -0.4 is 0 Å². The van der Waals surface area contributed by atoms with Crippen molar-refractivity contribution in [2.24, 2.45) is 0 Å². The molecular formula is C23H26FNO4S. The lowest BCUT2D eigenvalue weighted by molar-refractivity contribution is -0.137. The zero-order valence-corrected chi connectivity index (χ0v) is 18.2. The van der Waals surface area contributed by atoms with Crippen LogP contribution in [0.2, 0.25) is 0 Å². The van der Waals surface area contributed by atoms with Gasteiger partial charge in [0.05, 0.1) is 10.1 Å². The number of aliphatic carboxylic acids is 1. The van der Waals surface area contributed by atoms with Gasteiger partial charge in [0, 0.05) is 16.6 Å². The molecule has 0 saturated heterocycles. The molecule has 1 heterocycles. The highest BCUT2D eigenvalue weighted by molar-refractivity contribution is 7.92. The van der Waals surface area contributed by atoms with Crippen LogP contribution in [0.5, 0.6) is 0 Å². The minimum atomic E-state index is -3.37. The number of carboxylic acid groups (broad SMARTS) is 1. The van der Waals surface area contributed by atoms with E-state index in [9.17, 15) is 22.7 Å². The zero-order chi connectivity index (χ0) is 22.1. The van der Waals surface area contributed by atoms with E-state index in [0.717, 1.165) is 16.8 Å². The maximum absolute atomic E-state index is 13.9. The van der Waals surface area contributed by atoms with Crippen molar-refractivity contribution >= 4 is 26.7 Å². The summed E-state index contributed by atoms with van der Waals surface area (Å²) in [6, 6.07) is 11.1. The standard InChI is InChI=1S/C23H26FNO4S/c1-4-18(5-2)30(28,29)19-9-6-16(7-10-19)12-20-15(3)25(14-23(26)27)22-11-8-17(24)13-21(20)22/h6-11,13,18H,4-5,12,14H2,1-3H3,(H,26,27). The van der Waals surface area contributed by atoms with E-state index in [1.54, 1.807) is 34.9 Å². The number of fused-ring (bicyclic) bond motifs is 1. The first kappa shape index (κ1) is 22.0. The summed E-state index contributed by atoms with van der Waals surface area (Å²) in [5.41, 5.74) is 3.13. The number of nitrogens with zero attached hydrogens (tertiary/aromatic N) is 1. The number of hydrogen-bond acceptors (Lipinski definition) is 3. The SMILES string of the molecule is CCC(CC)S(=O)(=O)c1ccc(Cc2c(C)n(CC(=O)O)c3ccc(F)cc23)cc1. The lowest BCUT2D eigenvalue weighted by Gasteiger charge is -2.14. The summed E-state index contributed by atoms with van der Waals surface area (Å²) in [6.07, 6.45) is 1.58. The molecule has 0 radical (unpaired) electrons. The Morgan fingerprint density at radius 2 is 1.73 bits per heavy atom. The number of benzene rings is 2. The summed E-state index contributed by atoms with van der Waals surface area (Å²) >= 11 is 0. The Hall–Kier alpha value is -2.67. The average Bonchev–Trinajstić information content (AvgIpc) is 2.94. The molecule has 3 aromatic rings. The third-order valence-corrected chi connectivity index (χ3v) is 8.17. The minimum Gasteiger partial charge on any atom is -0.480 e. The summed E-state index contributed by atoms with van der Waals surface area (Å²) < 4.78 is 41.0. The van der Waals surface area contributed by atoms with Gasteiger partial charge in [-0.25, -0.2) is 12.8 Å². The fraction of sp³-hybridized carbons (Fsp3) is 0.348. The van der Waals surface area contributed by atoms with Crippen LogP contribution >= 0.6 is 0 Å². The van der Waals surface area contributed by atoms with Gasteiger partial charge in [-0.05, 0) is 67.6 Å². The number of aromatic nitrogens is 1. The van der Waals surface area contributed by atoms with Crippen molar-refractivity contribution in [1.82, 2.24) is 4.57 Å². The summed E-state index contributed by atoms with van der Waals surface area (Å²) in [5.74, 6) is -1.36. The topological polar surface area (TPSA) is 76.4 Å². The second-order valence-corrected chi connectivity index (χ2v) is 9.74. The van der Waals surface area contributed by atoms with Crippen molar-refractivity contribution < 1.29 is 22.7 Å². The van der Waals surface area contributed by atoms with Gasteiger partial charge in [-0.2, -0.15) is 0 Å². The van der Waals surface area contributed by atoms with Gasteiger partial charge in [0.1, 0.15) is 12.4 Å². The molecule has 0 aliphatic carbocycles. The molecule has 0 aliphatic rings. The third-order valence-electron chi connectivity index (χ3n) is 5.69. The number of rotatable bonds is 8. The van der Waals surface area contributed by atoms with E-state index < -0.39 is 21.1 Å². The molecule has 0 spiro atoms. The van der Waals surface area contributed by atoms with Crippen LogP contribution in [-0.4, -0.2) is 29.3 Å². The number of carbonyl (C=O) groups is 1. The van der Waals surface area contributed by atoms with E-state index in [0.29, 0.717) is 35.1 Å². The monoisotopic (exact) mass is 431 g/mol. The molecule has 0 bridgehead atoms. The fourth-order valence-electron chi connectivity index (χ4n) is 4.01. The molecule has 0 unspecified atom stereocenters. The second-order valence-electron chi connectivity index (χ2n) is 7.51. The van der Waals surface area contributed by atoms with Crippen molar-refractivity contribution in [3.8, 4) is 0 Å². The number of sulfone groups is 1. The van der Waals surface area contributed by atoms with Crippen LogP contribution in [-0.2, 0) is 27.6 Å². The average molecular weight is 432 g/mol. The molecule has 30 heavy (non-hydrogen) atoms. The van der Waals surface area contributed by atoms with Gasteiger partial charge in [-0.1, -0.05) is 26.0 Å². The van der Waals surface area contributed by atoms with E-state index in [1.165, 1.54) is 12.1 Å². The highest BCUT2D eigenvalue weighted by Gasteiger charge is 2.24. The molecule has 1 N–H and O–H groups in total. The van der Waals surface area contributed by atoms with Crippen LogP contribution in [0.15, 0.2) is 47.4 Å². The highest BCUT2D eigenvalue weighted by atomic mass is 32.2. The molecule has 5 nitrogen and oxygen atoms in total. The Morgan fingerprint density at radius 3 is 2.30 bits per heavy atom.